The number of hydrogen-bond acceptors (Lipinski definition) is 6. The van der Waals surface area contributed by atoms with E-state index >= 15 is 0 Å². The average Bonchev–Trinajstić information content (AvgIpc) is 4.07. The van der Waals surface area contributed by atoms with Crippen LogP contribution in [0.5, 0.6) is 5.75 Å². The Kier molecular flexibility index (Phi) is 22.6. The van der Waals surface area contributed by atoms with E-state index in [1.54, 1.807) is 11.1 Å². The summed E-state index contributed by atoms with van der Waals surface area (Å²) in [4.78, 5) is 0. The van der Waals surface area contributed by atoms with Gasteiger partial charge in [0.25, 0.3) is 0 Å². The van der Waals surface area contributed by atoms with Crippen molar-refractivity contribution >= 4 is 27.2 Å². The van der Waals surface area contributed by atoms with Crippen molar-refractivity contribution in [3.05, 3.63) is 117 Å². The van der Waals surface area contributed by atoms with Gasteiger partial charge in [-0.3, -0.25) is 0 Å². The van der Waals surface area contributed by atoms with Gasteiger partial charge in [-0.25, -0.2) is 0 Å². The van der Waals surface area contributed by atoms with Crippen LogP contribution in [0.2, 0.25) is 0 Å². The summed E-state index contributed by atoms with van der Waals surface area (Å²) in [7, 11) is -5.65. The van der Waals surface area contributed by atoms with Crippen LogP contribution in [0.25, 0.3) is 0 Å². The molecule has 0 bridgehead atoms. The molecule has 1 saturated heterocycles. The van der Waals surface area contributed by atoms with Gasteiger partial charge in [0.05, 0.1) is 0 Å². The molecule has 5 fully saturated rings. The van der Waals surface area contributed by atoms with Crippen LogP contribution in [0.3, 0.4) is 0 Å². The van der Waals surface area contributed by atoms with E-state index in [-0.39, 0.29) is 39.2 Å². The topological polar surface area (TPSA) is 90.6 Å². The van der Waals surface area contributed by atoms with E-state index < -0.39 is 15.6 Å². The molecule has 5 aliphatic rings. The first kappa shape index (κ1) is 64.2. The normalized spacial score (nSPS) is 18.8. The Balaban J connectivity index is 0.000000194. The molecule has 4 aromatic rings. The summed E-state index contributed by atoms with van der Waals surface area (Å²) in [5.41, 5.74) is 15.0. The summed E-state index contributed by atoms with van der Waals surface area (Å²) in [5.74, 6) is 1.82. The summed E-state index contributed by atoms with van der Waals surface area (Å²) in [6.45, 7) is 29.2. The highest BCUT2D eigenvalue weighted by Crippen LogP contribution is 2.43. The quantitative estimate of drug-likeness (QED) is 0.104. The number of ether oxygens (including phenoxy) is 1. The van der Waals surface area contributed by atoms with E-state index in [0.717, 1.165) is 93.2 Å². The van der Waals surface area contributed by atoms with Crippen LogP contribution >= 0.6 is 0 Å². The SMILES string of the molecule is C1CCOC1.CC(C)(C)c1cc(N)cc(C(C)(C)C)c1.CC(C)(C)c1cc(Nc2cc(C3CCCCC3)cc(C3CCCCC3)c2)cc(C(C)(C)C)c1.O=S(=O)(Oc1cc(C2CCCCC2)cc(C2CCCCC2)c1)C(F)(F)F. The van der Waals surface area contributed by atoms with E-state index in [2.05, 4.69) is 153 Å². The third kappa shape index (κ3) is 19.8. The fraction of sp³-hybridized carbons (Fsp3) is 0.652. The highest BCUT2D eigenvalue weighted by Gasteiger charge is 2.48. The second kappa shape index (κ2) is 27.8. The van der Waals surface area contributed by atoms with Gasteiger partial charge in [-0.15, -0.1) is 0 Å². The minimum atomic E-state index is -5.65. The summed E-state index contributed by atoms with van der Waals surface area (Å²) >= 11 is 0. The van der Waals surface area contributed by atoms with E-state index in [1.165, 1.54) is 136 Å². The van der Waals surface area contributed by atoms with Gasteiger partial charge in [0.15, 0.2) is 0 Å². The highest BCUT2D eigenvalue weighted by atomic mass is 32.2. The van der Waals surface area contributed by atoms with Crippen molar-refractivity contribution in [2.45, 2.75) is 275 Å². The number of nitrogens with one attached hydrogen (secondary N) is 1. The number of nitrogen functional groups attached to an aromatic ring is 1. The van der Waals surface area contributed by atoms with Crippen molar-refractivity contribution < 1.29 is 30.5 Å². The minimum absolute atomic E-state index is 0.134. The molecule has 0 aromatic heterocycles. The first-order valence-electron chi connectivity index (χ1n) is 30.7. The maximum Gasteiger partial charge on any atom is 0.534 e. The zero-order valence-electron chi connectivity index (χ0n) is 51.0. The monoisotopic (exact) mass is 1110 g/mol. The van der Waals surface area contributed by atoms with Crippen molar-refractivity contribution in [2.75, 3.05) is 24.3 Å². The molecule has 3 N–H and O–H groups in total. The molecule has 4 saturated carbocycles. The lowest BCUT2D eigenvalue weighted by Crippen LogP contribution is -2.28. The van der Waals surface area contributed by atoms with Crippen LogP contribution in [-0.2, 0) is 36.5 Å². The van der Waals surface area contributed by atoms with Gasteiger partial charge in [0, 0.05) is 30.3 Å². The van der Waals surface area contributed by atoms with Gasteiger partial charge >= 0.3 is 15.6 Å². The van der Waals surface area contributed by atoms with Gasteiger partial charge < -0.3 is 20.0 Å². The third-order valence-electron chi connectivity index (χ3n) is 17.2. The lowest BCUT2D eigenvalue weighted by Gasteiger charge is -2.28. The Hall–Kier alpha value is -4.02. The summed E-state index contributed by atoms with van der Waals surface area (Å²) < 4.78 is 70.5. The fourth-order valence-corrected chi connectivity index (χ4v) is 12.5. The number of alkyl halides is 3. The Morgan fingerprint density at radius 2 is 0.709 bits per heavy atom. The van der Waals surface area contributed by atoms with Crippen LogP contribution in [-0.4, -0.2) is 27.1 Å². The van der Waals surface area contributed by atoms with Crippen molar-refractivity contribution in [3.63, 3.8) is 0 Å². The van der Waals surface area contributed by atoms with Crippen LogP contribution < -0.4 is 15.2 Å². The zero-order chi connectivity index (χ0) is 57.8. The van der Waals surface area contributed by atoms with Crippen molar-refractivity contribution in [1.82, 2.24) is 0 Å². The molecule has 0 spiro atoms. The molecule has 0 atom stereocenters. The van der Waals surface area contributed by atoms with Crippen molar-refractivity contribution in [3.8, 4) is 5.75 Å². The van der Waals surface area contributed by atoms with E-state index in [9.17, 15) is 21.6 Å². The molecular weight excluding hydrogens is 1010 g/mol. The Morgan fingerprint density at radius 1 is 0.418 bits per heavy atom. The number of anilines is 3. The molecule has 6 nitrogen and oxygen atoms in total. The van der Waals surface area contributed by atoms with Gasteiger partial charge in [-0.1, -0.05) is 184 Å². The lowest BCUT2D eigenvalue weighted by molar-refractivity contribution is -0.0500. The highest BCUT2D eigenvalue weighted by molar-refractivity contribution is 7.88. The number of rotatable bonds is 8. The number of benzene rings is 4. The van der Waals surface area contributed by atoms with Crippen LogP contribution in [0.4, 0.5) is 30.2 Å². The molecule has 9 rings (SSSR count). The van der Waals surface area contributed by atoms with Crippen LogP contribution in [0.1, 0.15) is 293 Å². The molecule has 0 radical (unpaired) electrons. The summed E-state index contributed by atoms with van der Waals surface area (Å²) in [6, 6.07) is 26.2. The van der Waals surface area contributed by atoms with Gasteiger partial charge in [-0.2, -0.15) is 21.6 Å². The van der Waals surface area contributed by atoms with Crippen molar-refractivity contribution in [1.29, 1.82) is 0 Å². The molecule has 4 aromatic carbocycles. The summed E-state index contributed by atoms with van der Waals surface area (Å²) in [6.07, 6.45) is 27.1. The van der Waals surface area contributed by atoms with Gasteiger partial charge in [-0.05, 0) is 203 Å². The largest absolute Gasteiger partial charge is 0.534 e. The molecule has 79 heavy (non-hydrogen) atoms. The van der Waals surface area contributed by atoms with Gasteiger partial charge in [0.1, 0.15) is 5.75 Å². The van der Waals surface area contributed by atoms with E-state index in [0.29, 0.717) is 0 Å². The predicted octanol–water partition coefficient (Wildman–Crippen LogP) is 20.8. The van der Waals surface area contributed by atoms with Crippen LogP contribution in [0, 0.1) is 0 Å². The molecule has 4 aliphatic carbocycles. The maximum absolute atomic E-state index is 12.7. The number of halogens is 3. The lowest BCUT2D eigenvalue weighted by atomic mass is 9.79. The molecule has 1 aliphatic heterocycles. The molecule has 10 heteroatoms. The third-order valence-corrected chi connectivity index (χ3v) is 18.2. The predicted molar refractivity (Wildman–Crippen MR) is 327 cm³/mol. The Bertz CT molecular complexity index is 2490. The standard InChI is InChI=1S/C32H47N.C19H25F3O3S.C14H23N.C4H8O/c1-31(2,3)27-20-28(32(4,5)6)22-30(21-27)33-29-18-25(23-13-9-7-10-14-23)17-26(19-29)24-15-11-8-12-16-24;20-19(21,22)26(23,24)25-18-12-16(14-7-3-1-4-8-14)11-17(13-18)15-9-5-2-6-10-15;1-13(2,3)10-7-11(14(4,5)6)9-12(15)8-10;1-2-4-5-3-1/h17-24,33H,7-16H2,1-6H3;11-15H,1-10H2;7-9H,15H2,1-6H3;1-4H2. The first-order valence-corrected chi connectivity index (χ1v) is 32.1. The molecular formula is C69H103F3N2O4S. The number of hydrogen-bond donors (Lipinski definition) is 2. The minimum Gasteiger partial charge on any atom is -0.399 e. The average molecular weight is 1110 g/mol. The van der Waals surface area contributed by atoms with E-state index in [4.69, 9.17) is 10.5 Å². The second-order valence-electron chi connectivity index (χ2n) is 28.1. The molecule has 440 valence electrons. The summed E-state index contributed by atoms with van der Waals surface area (Å²) in [5, 5.41) is 3.89. The smallest absolute Gasteiger partial charge is 0.399 e. The van der Waals surface area contributed by atoms with Crippen molar-refractivity contribution in [2.24, 2.45) is 0 Å². The fourth-order valence-electron chi connectivity index (χ4n) is 12.1. The van der Waals surface area contributed by atoms with E-state index in [1.807, 2.05) is 0 Å². The maximum atomic E-state index is 12.7. The molecule has 0 amide bonds. The Labute approximate surface area is 477 Å². The zero-order valence-corrected chi connectivity index (χ0v) is 51.8. The second-order valence-corrected chi connectivity index (χ2v) is 29.7. The van der Waals surface area contributed by atoms with Gasteiger partial charge in [0.2, 0.25) is 0 Å². The Morgan fingerprint density at radius 3 is 0.987 bits per heavy atom. The molecule has 1 heterocycles. The number of nitrogens with two attached hydrogens (primary N) is 1. The first-order chi connectivity index (χ1) is 37.0. The van der Waals surface area contributed by atoms with Crippen LogP contribution in [0.15, 0.2) is 72.8 Å². The molecule has 0 unspecified atom stereocenters.